The summed E-state index contributed by atoms with van der Waals surface area (Å²) in [5.74, 6) is 0.960. The van der Waals surface area contributed by atoms with Crippen LogP contribution in [0.2, 0.25) is 0 Å². The fourth-order valence-electron chi connectivity index (χ4n) is 5.02. The van der Waals surface area contributed by atoms with Gasteiger partial charge in [0.2, 0.25) is 0 Å². The van der Waals surface area contributed by atoms with E-state index in [0.717, 1.165) is 48.7 Å². The van der Waals surface area contributed by atoms with Crippen LogP contribution in [0.3, 0.4) is 0 Å². The van der Waals surface area contributed by atoms with Gasteiger partial charge in [0.15, 0.2) is 5.79 Å². The number of fused-ring (bicyclic) bond motifs is 2. The van der Waals surface area contributed by atoms with Gasteiger partial charge in [0.1, 0.15) is 0 Å². The summed E-state index contributed by atoms with van der Waals surface area (Å²) in [4.78, 5) is 7.88. The minimum atomic E-state index is -0.445. The number of hydrogen-bond acceptors (Lipinski definition) is 5. The van der Waals surface area contributed by atoms with Crippen LogP contribution in [0.1, 0.15) is 30.0 Å². The lowest BCUT2D eigenvalue weighted by Crippen LogP contribution is -2.62. The van der Waals surface area contributed by atoms with Crippen molar-refractivity contribution < 1.29 is 0 Å². The number of hydrogen-bond donors (Lipinski definition) is 3. The maximum atomic E-state index is 5.96. The third kappa shape index (κ3) is 3.64. The Labute approximate surface area is 179 Å². The molecule has 0 radical (unpaired) electrons. The van der Waals surface area contributed by atoms with E-state index in [9.17, 15) is 0 Å². The summed E-state index contributed by atoms with van der Waals surface area (Å²) in [7, 11) is 0. The monoisotopic (exact) mass is 401 g/mol. The summed E-state index contributed by atoms with van der Waals surface area (Å²) in [6.07, 6.45) is 3.49. The van der Waals surface area contributed by atoms with E-state index in [4.69, 9.17) is 10.7 Å². The molecule has 3 atom stereocenters. The zero-order valence-electron chi connectivity index (χ0n) is 17.9. The summed E-state index contributed by atoms with van der Waals surface area (Å²) < 4.78 is 0. The number of nitrogens with one attached hydrogen (secondary N) is 2. The van der Waals surface area contributed by atoms with Crippen molar-refractivity contribution in [2.75, 3.05) is 31.9 Å². The van der Waals surface area contributed by atoms with E-state index in [2.05, 4.69) is 72.0 Å². The summed E-state index contributed by atoms with van der Waals surface area (Å²) >= 11 is 0. The average molecular weight is 402 g/mol. The summed E-state index contributed by atoms with van der Waals surface area (Å²) in [5.41, 5.74) is 12.4. The molecule has 3 aliphatic rings. The number of benzene rings is 2. The van der Waals surface area contributed by atoms with Gasteiger partial charge in [0.05, 0.1) is 5.71 Å². The Kier molecular flexibility index (Phi) is 4.88. The van der Waals surface area contributed by atoms with Gasteiger partial charge in [-0.2, -0.15) is 0 Å². The van der Waals surface area contributed by atoms with Gasteiger partial charge < -0.3 is 16.4 Å². The first-order valence-corrected chi connectivity index (χ1v) is 11.0. The van der Waals surface area contributed by atoms with Crippen molar-refractivity contribution in [2.45, 2.75) is 26.1 Å². The fourth-order valence-corrected chi connectivity index (χ4v) is 5.02. The number of allylic oxidation sites excluding steroid dienone is 1. The predicted octanol–water partition coefficient (Wildman–Crippen LogP) is 3.23. The lowest BCUT2D eigenvalue weighted by atomic mass is 9.85. The molecule has 2 aromatic rings. The van der Waals surface area contributed by atoms with Gasteiger partial charge in [-0.1, -0.05) is 42.0 Å². The van der Waals surface area contributed by atoms with Crippen LogP contribution in [-0.2, 0) is 0 Å². The minimum absolute atomic E-state index is 0.445. The van der Waals surface area contributed by atoms with Crippen LogP contribution in [0.4, 0.5) is 5.69 Å². The quantitative estimate of drug-likeness (QED) is 0.691. The van der Waals surface area contributed by atoms with E-state index in [1.165, 1.54) is 17.5 Å². The van der Waals surface area contributed by atoms with Crippen molar-refractivity contribution in [1.82, 2.24) is 15.5 Å². The molecule has 2 fully saturated rings. The van der Waals surface area contributed by atoms with Crippen LogP contribution in [0.25, 0.3) is 5.57 Å². The molecule has 3 heterocycles. The van der Waals surface area contributed by atoms with Crippen molar-refractivity contribution >= 4 is 17.0 Å². The van der Waals surface area contributed by atoms with E-state index >= 15 is 0 Å². The van der Waals surface area contributed by atoms with Crippen LogP contribution in [0, 0.1) is 18.8 Å². The van der Waals surface area contributed by atoms with Crippen molar-refractivity contribution in [3.05, 3.63) is 71.4 Å². The molecule has 3 aliphatic heterocycles. The number of nitrogen functional groups attached to an aromatic ring is 1. The zero-order chi connectivity index (χ0) is 20.7. The number of nitrogens with two attached hydrogens (primary N) is 1. The highest BCUT2D eigenvalue weighted by molar-refractivity contribution is 6.32. The highest BCUT2D eigenvalue weighted by Gasteiger charge is 2.41. The topological polar surface area (TPSA) is 65.7 Å². The third-order valence-electron chi connectivity index (χ3n) is 6.73. The SMILES string of the molecule is Cc1ccc(C2=CNC(C)(N3CC4CNCC(C4)C3)N=C2c2ccc(N)cc2)cc1. The Balaban J connectivity index is 1.53. The highest BCUT2D eigenvalue weighted by atomic mass is 15.4. The van der Waals surface area contributed by atoms with Crippen LogP contribution >= 0.6 is 0 Å². The molecule has 156 valence electrons. The van der Waals surface area contributed by atoms with Crippen LogP contribution < -0.4 is 16.4 Å². The van der Waals surface area contributed by atoms with Gasteiger partial charge >= 0.3 is 0 Å². The molecular formula is C25H31N5. The maximum absolute atomic E-state index is 5.96. The Bertz CT molecular complexity index is 964. The second kappa shape index (κ2) is 7.56. The molecule has 0 saturated carbocycles. The van der Waals surface area contributed by atoms with Gasteiger partial charge in [-0.05, 0) is 62.9 Å². The van der Waals surface area contributed by atoms with Crippen molar-refractivity contribution in [3.8, 4) is 0 Å². The molecule has 4 N–H and O–H groups in total. The molecule has 0 spiro atoms. The molecule has 0 aromatic heterocycles. The Morgan fingerprint density at radius 3 is 2.27 bits per heavy atom. The summed E-state index contributed by atoms with van der Waals surface area (Å²) in [5, 5.41) is 7.25. The molecule has 2 aromatic carbocycles. The molecule has 5 rings (SSSR count). The molecule has 0 amide bonds. The molecule has 30 heavy (non-hydrogen) atoms. The second-order valence-corrected chi connectivity index (χ2v) is 9.20. The first kappa shape index (κ1) is 19.3. The van der Waals surface area contributed by atoms with E-state index in [0.29, 0.717) is 11.8 Å². The first-order chi connectivity index (χ1) is 14.5. The number of aryl methyl sites for hydroxylation is 1. The van der Waals surface area contributed by atoms with E-state index in [1.807, 2.05) is 12.1 Å². The number of piperidine rings is 2. The van der Waals surface area contributed by atoms with Crippen molar-refractivity contribution in [2.24, 2.45) is 16.8 Å². The summed E-state index contributed by atoms with van der Waals surface area (Å²) in [6, 6.07) is 16.7. The number of anilines is 1. The third-order valence-corrected chi connectivity index (χ3v) is 6.73. The highest BCUT2D eigenvalue weighted by Crippen LogP contribution is 2.33. The van der Waals surface area contributed by atoms with Crippen LogP contribution in [0.15, 0.2) is 59.7 Å². The van der Waals surface area contributed by atoms with Crippen molar-refractivity contribution in [1.29, 1.82) is 0 Å². The number of nitrogens with zero attached hydrogens (tertiary/aromatic N) is 2. The summed E-state index contributed by atoms with van der Waals surface area (Å²) in [6.45, 7) is 8.69. The lowest BCUT2D eigenvalue weighted by Gasteiger charge is -2.49. The van der Waals surface area contributed by atoms with Gasteiger partial charge in [-0.15, -0.1) is 0 Å². The van der Waals surface area contributed by atoms with Gasteiger partial charge in [-0.25, -0.2) is 4.99 Å². The lowest BCUT2D eigenvalue weighted by molar-refractivity contribution is 0.00579. The van der Waals surface area contributed by atoms with E-state index in [-0.39, 0.29) is 0 Å². The van der Waals surface area contributed by atoms with Crippen LogP contribution in [-0.4, -0.2) is 42.6 Å². The predicted molar refractivity (Wildman–Crippen MR) is 124 cm³/mol. The number of aliphatic imine (C=N–C) groups is 1. The smallest absolute Gasteiger partial charge is 0.184 e. The molecule has 5 heteroatoms. The normalized spacial score (nSPS) is 29.0. The Hall–Kier alpha value is -2.63. The standard InChI is InChI=1S/C25H31N5/c1-17-3-5-20(6-4-17)23-14-28-25(2,29-24(23)21-7-9-22(26)10-8-21)30-15-18-11-19(16-30)13-27-12-18/h3-10,14,18-19,27-28H,11-13,15-16,26H2,1-2H3. The Morgan fingerprint density at radius 2 is 1.60 bits per heavy atom. The average Bonchev–Trinajstić information content (AvgIpc) is 2.75. The molecular weight excluding hydrogens is 370 g/mol. The van der Waals surface area contributed by atoms with Crippen molar-refractivity contribution in [3.63, 3.8) is 0 Å². The Morgan fingerprint density at radius 1 is 0.967 bits per heavy atom. The zero-order valence-corrected chi connectivity index (χ0v) is 17.9. The molecule has 3 unspecified atom stereocenters. The largest absolute Gasteiger partial charge is 0.399 e. The van der Waals surface area contributed by atoms with Crippen LogP contribution in [0.5, 0.6) is 0 Å². The molecule has 0 aliphatic carbocycles. The fraction of sp³-hybridized carbons (Fsp3) is 0.400. The van der Waals surface area contributed by atoms with E-state index in [1.54, 1.807) is 0 Å². The molecule has 2 bridgehead atoms. The van der Waals surface area contributed by atoms with Gasteiger partial charge in [0, 0.05) is 36.1 Å². The number of rotatable bonds is 3. The number of likely N-dealkylation sites (tertiary alicyclic amines) is 1. The van der Waals surface area contributed by atoms with Gasteiger partial charge in [0.25, 0.3) is 0 Å². The molecule has 2 saturated heterocycles. The minimum Gasteiger partial charge on any atom is -0.399 e. The van der Waals surface area contributed by atoms with E-state index < -0.39 is 5.79 Å². The second-order valence-electron chi connectivity index (χ2n) is 9.20. The first-order valence-electron chi connectivity index (χ1n) is 11.0. The molecule has 5 nitrogen and oxygen atoms in total. The van der Waals surface area contributed by atoms with Gasteiger partial charge in [-0.3, -0.25) is 4.90 Å². The maximum Gasteiger partial charge on any atom is 0.184 e.